The summed E-state index contributed by atoms with van der Waals surface area (Å²) in [5.41, 5.74) is 0.134. The van der Waals surface area contributed by atoms with Gasteiger partial charge in [0.15, 0.2) is 11.5 Å². The highest BCUT2D eigenvalue weighted by atomic mass is 19.1. The first-order valence-corrected chi connectivity index (χ1v) is 11.7. The smallest absolute Gasteiger partial charge is 0.297 e. The number of benzene rings is 1. The van der Waals surface area contributed by atoms with Gasteiger partial charge in [0.2, 0.25) is 0 Å². The summed E-state index contributed by atoms with van der Waals surface area (Å²) in [5, 5.41) is 7.66. The minimum atomic E-state index is -1.83. The molecule has 0 atom stereocenters. The fourth-order valence-electron chi connectivity index (χ4n) is 5.12. The standard InChI is InChI=1S/C24H28F2N6O2/c1-34-23-29-21-19(25)3-2-4-20(21)32(23)18-6-11-31(12-7-18)22(33)24(26)8-13-30(14-9-24)16-17-5-10-27-28-15-17/h2-5,10,15,18H,6-9,11-14,16H2,1H3. The normalized spacial score (nSPS) is 19.4. The van der Waals surface area contributed by atoms with E-state index in [4.69, 9.17) is 4.74 Å². The van der Waals surface area contributed by atoms with Crippen LogP contribution in [-0.4, -0.2) is 74.4 Å². The van der Waals surface area contributed by atoms with E-state index in [-0.39, 0.29) is 24.4 Å². The van der Waals surface area contributed by atoms with Crippen molar-refractivity contribution in [3.8, 4) is 6.01 Å². The van der Waals surface area contributed by atoms with Crippen molar-refractivity contribution >= 4 is 16.9 Å². The third-order valence-corrected chi connectivity index (χ3v) is 7.02. The van der Waals surface area contributed by atoms with Gasteiger partial charge in [0.1, 0.15) is 5.52 Å². The van der Waals surface area contributed by atoms with E-state index in [1.165, 1.54) is 13.2 Å². The van der Waals surface area contributed by atoms with Crippen LogP contribution in [0.5, 0.6) is 6.01 Å². The van der Waals surface area contributed by atoms with Crippen LogP contribution in [0.1, 0.15) is 37.3 Å². The molecule has 0 radical (unpaired) electrons. The second-order valence-electron chi connectivity index (χ2n) is 9.09. The number of nitrogens with zero attached hydrogens (tertiary/aromatic N) is 6. The highest BCUT2D eigenvalue weighted by molar-refractivity contribution is 5.85. The number of hydrogen-bond acceptors (Lipinski definition) is 6. The average molecular weight is 471 g/mol. The van der Waals surface area contributed by atoms with E-state index in [1.807, 2.05) is 16.7 Å². The summed E-state index contributed by atoms with van der Waals surface area (Å²) in [6.45, 7) is 2.60. The van der Waals surface area contributed by atoms with Crippen LogP contribution in [0.25, 0.3) is 11.0 Å². The van der Waals surface area contributed by atoms with Gasteiger partial charge in [-0.3, -0.25) is 14.3 Å². The van der Waals surface area contributed by atoms with Crippen LogP contribution in [0, 0.1) is 5.82 Å². The summed E-state index contributed by atoms with van der Waals surface area (Å²) < 4.78 is 37.2. The van der Waals surface area contributed by atoms with Gasteiger partial charge in [-0.1, -0.05) is 6.07 Å². The lowest BCUT2D eigenvalue weighted by molar-refractivity contribution is -0.148. The van der Waals surface area contributed by atoms with E-state index in [1.54, 1.807) is 23.4 Å². The van der Waals surface area contributed by atoms with E-state index in [9.17, 15) is 9.18 Å². The number of aromatic nitrogens is 4. The largest absolute Gasteiger partial charge is 0.468 e. The fraction of sp³-hybridized carbons (Fsp3) is 0.500. The summed E-state index contributed by atoms with van der Waals surface area (Å²) in [4.78, 5) is 21.2. The molecule has 34 heavy (non-hydrogen) atoms. The monoisotopic (exact) mass is 470 g/mol. The number of piperidine rings is 2. The van der Waals surface area contributed by atoms with Gasteiger partial charge in [-0.15, -0.1) is 0 Å². The number of likely N-dealkylation sites (tertiary alicyclic amines) is 2. The number of carbonyl (C=O) groups is 1. The lowest BCUT2D eigenvalue weighted by Gasteiger charge is -2.40. The van der Waals surface area contributed by atoms with Gasteiger partial charge in [-0.2, -0.15) is 15.2 Å². The van der Waals surface area contributed by atoms with Crippen LogP contribution in [0.15, 0.2) is 36.7 Å². The average Bonchev–Trinajstić information content (AvgIpc) is 3.26. The molecule has 4 heterocycles. The number of halogens is 2. The maximum Gasteiger partial charge on any atom is 0.297 e. The Labute approximate surface area is 196 Å². The predicted octanol–water partition coefficient (Wildman–Crippen LogP) is 3.14. The molecule has 0 N–H and O–H groups in total. The van der Waals surface area contributed by atoms with Crippen molar-refractivity contribution in [3.05, 3.63) is 48.0 Å². The first-order chi connectivity index (χ1) is 16.5. The number of carbonyl (C=O) groups excluding carboxylic acids is 1. The van der Waals surface area contributed by atoms with Crippen LogP contribution in [0.4, 0.5) is 8.78 Å². The summed E-state index contributed by atoms with van der Waals surface area (Å²) in [6.07, 6.45) is 4.97. The number of hydrogen-bond donors (Lipinski definition) is 0. The zero-order valence-corrected chi connectivity index (χ0v) is 19.2. The van der Waals surface area contributed by atoms with Crippen molar-refractivity contribution < 1.29 is 18.3 Å². The molecule has 0 unspecified atom stereocenters. The molecule has 0 spiro atoms. The van der Waals surface area contributed by atoms with Gasteiger partial charge in [-0.05, 0) is 36.6 Å². The number of alkyl halides is 1. The van der Waals surface area contributed by atoms with Gasteiger partial charge in [0.25, 0.3) is 11.9 Å². The molecule has 2 aliphatic rings. The quantitative estimate of drug-likeness (QED) is 0.570. The minimum Gasteiger partial charge on any atom is -0.468 e. The molecule has 5 rings (SSSR count). The topological polar surface area (TPSA) is 76.4 Å². The molecular weight excluding hydrogens is 442 g/mol. The Morgan fingerprint density at radius 2 is 1.91 bits per heavy atom. The van der Waals surface area contributed by atoms with Gasteiger partial charge in [0, 0.05) is 57.8 Å². The Hall–Kier alpha value is -3.14. The van der Waals surface area contributed by atoms with Crippen LogP contribution in [-0.2, 0) is 11.3 Å². The fourth-order valence-corrected chi connectivity index (χ4v) is 5.12. The van der Waals surface area contributed by atoms with Gasteiger partial charge in [0.05, 0.1) is 18.8 Å². The molecule has 10 heteroatoms. The van der Waals surface area contributed by atoms with Crippen molar-refractivity contribution in [2.45, 2.75) is 43.9 Å². The second kappa shape index (κ2) is 9.25. The lowest BCUT2D eigenvalue weighted by Crippen LogP contribution is -2.53. The van der Waals surface area contributed by atoms with Crippen LogP contribution < -0.4 is 4.74 Å². The Morgan fingerprint density at radius 1 is 1.15 bits per heavy atom. The molecular formula is C24H28F2N6O2. The first-order valence-electron chi connectivity index (χ1n) is 11.7. The Bertz CT molecular complexity index is 1150. The van der Waals surface area contributed by atoms with Crippen molar-refractivity contribution in [2.75, 3.05) is 33.3 Å². The molecule has 2 aromatic heterocycles. The number of methoxy groups -OCH3 is 1. The zero-order valence-electron chi connectivity index (χ0n) is 19.2. The zero-order chi connectivity index (χ0) is 23.7. The first kappa shape index (κ1) is 22.6. The highest BCUT2D eigenvalue weighted by Crippen LogP contribution is 2.35. The predicted molar refractivity (Wildman–Crippen MR) is 121 cm³/mol. The number of rotatable bonds is 5. The summed E-state index contributed by atoms with van der Waals surface area (Å²) in [5.74, 6) is -0.808. The summed E-state index contributed by atoms with van der Waals surface area (Å²) in [6, 6.07) is 7.09. The van der Waals surface area contributed by atoms with Crippen LogP contribution in [0.2, 0.25) is 0 Å². The molecule has 2 aliphatic heterocycles. The highest BCUT2D eigenvalue weighted by Gasteiger charge is 2.45. The molecule has 2 saturated heterocycles. The molecule has 0 bridgehead atoms. The molecule has 0 saturated carbocycles. The van der Waals surface area contributed by atoms with E-state index >= 15 is 4.39 Å². The van der Waals surface area contributed by atoms with E-state index < -0.39 is 17.4 Å². The Morgan fingerprint density at radius 3 is 2.59 bits per heavy atom. The summed E-state index contributed by atoms with van der Waals surface area (Å²) >= 11 is 0. The number of imidazole rings is 1. The Kier molecular flexibility index (Phi) is 6.16. The van der Waals surface area contributed by atoms with Gasteiger partial charge in [-0.25, -0.2) is 8.78 Å². The van der Waals surface area contributed by atoms with Gasteiger partial charge >= 0.3 is 0 Å². The van der Waals surface area contributed by atoms with Crippen LogP contribution in [0.3, 0.4) is 0 Å². The number of para-hydroxylation sites is 1. The van der Waals surface area contributed by atoms with Crippen molar-refractivity contribution in [1.82, 2.24) is 29.5 Å². The van der Waals surface area contributed by atoms with Crippen molar-refractivity contribution in [2.24, 2.45) is 0 Å². The maximum absolute atomic E-state index is 15.7. The molecule has 1 amide bonds. The third-order valence-electron chi connectivity index (χ3n) is 7.02. The van der Waals surface area contributed by atoms with E-state index in [0.717, 1.165) is 5.56 Å². The summed E-state index contributed by atoms with van der Waals surface area (Å²) in [7, 11) is 1.51. The number of fused-ring (bicyclic) bond motifs is 1. The molecule has 2 fully saturated rings. The lowest BCUT2D eigenvalue weighted by atomic mass is 9.90. The number of amides is 1. The van der Waals surface area contributed by atoms with E-state index in [0.29, 0.717) is 57.1 Å². The second-order valence-corrected chi connectivity index (χ2v) is 9.09. The molecule has 0 aliphatic carbocycles. The van der Waals surface area contributed by atoms with Gasteiger partial charge < -0.3 is 9.64 Å². The SMILES string of the molecule is COc1nc2c(F)cccc2n1C1CCN(C(=O)C2(F)CCN(Cc3ccnnc3)CC2)CC1. The number of ether oxygens (including phenoxy) is 1. The molecule has 1 aromatic carbocycles. The Balaban J connectivity index is 1.21. The molecule has 8 nitrogen and oxygen atoms in total. The van der Waals surface area contributed by atoms with E-state index in [2.05, 4.69) is 20.1 Å². The van der Waals surface area contributed by atoms with Crippen LogP contribution >= 0.6 is 0 Å². The van der Waals surface area contributed by atoms with Crippen molar-refractivity contribution in [1.29, 1.82) is 0 Å². The molecule has 180 valence electrons. The molecule has 3 aromatic rings. The third kappa shape index (κ3) is 4.22. The maximum atomic E-state index is 15.7. The minimum absolute atomic E-state index is 0.00261. The van der Waals surface area contributed by atoms with Crippen molar-refractivity contribution in [3.63, 3.8) is 0 Å².